The van der Waals surface area contributed by atoms with Crippen molar-refractivity contribution in [3.8, 4) is 0 Å². The summed E-state index contributed by atoms with van der Waals surface area (Å²) in [5.41, 5.74) is 2.23. The lowest BCUT2D eigenvalue weighted by atomic mass is 10.0. The number of thiazole rings is 1. The Balaban J connectivity index is 2.24. The normalized spacial score (nSPS) is 12.9. The maximum Gasteiger partial charge on any atom is 0.239 e. The number of halogens is 1. The van der Waals surface area contributed by atoms with Crippen LogP contribution in [0.1, 0.15) is 38.7 Å². The summed E-state index contributed by atoms with van der Waals surface area (Å²) >= 11 is 4.86. The zero-order valence-corrected chi connectivity index (χ0v) is 13.6. The topological polar surface area (TPSA) is 42.0 Å². The molecule has 0 fully saturated rings. The van der Waals surface area contributed by atoms with Gasteiger partial charge in [0.1, 0.15) is 0 Å². The zero-order chi connectivity index (χ0) is 14.0. The van der Waals surface area contributed by atoms with Crippen molar-refractivity contribution in [1.29, 1.82) is 0 Å². The summed E-state index contributed by atoms with van der Waals surface area (Å²) < 4.78 is 1.11. The lowest BCUT2D eigenvalue weighted by Crippen LogP contribution is -2.21. The molecule has 5 heteroatoms. The van der Waals surface area contributed by atoms with Gasteiger partial charge in [-0.1, -0.05) is 54.1 Å². The summed E-state index contributed by atoms with van der Waals surface area (Å²) in [5.74, 6) is 0.460. The molecule has 0 aliphatic rings. The van der Waals surface area contributed by atoms with Crippen molar-refractivity contribution in [2.75, 3.05) is 5.32 Å². The predicted molar refractivity (Wildman–Crippen MR) is 85.3 cm³/mol. The van der Waals surface area contributed by atoms with Crippen LogP contribution in [0.2, 0.25) is 0 Å². The molecule has 2 aromatic rings. The molecule has 19 heavy (non-hydrogen) atoms. The van der Waals surface area contributed by atoms with Gasteiger partial charge in [-0.05, 0) is 30.0 Å². The number of hydrogen-bond donors (Lipinski definition) is 1. The average Bonchev–Trinajstić information content (AvgIpc) is 2.78. The molecule has 0 radical (unpaired) electrons. The number of nitrogens with zero attached hydrogens (tertiary/aromatic N) is 1. The van der Waals surface area contributed by atoms with Crippen LogP contribution in [-0.2, 0) is 4.79 Å². The standard InChI is InChI=1S/C14H17BrN2OS/c1-4-10(15)13(18)17-14-16-11-6-5-9(8(2)3)7-12(11)19-14/h5-8,10H,4H2,1-3H3,(H,16,17,18)/t10-/m0/s1. The highest BCUT2D eigenvalue weighted by molar-refractivity contribution is 9.10. The van der Waals surface area contributed by atoms with Crippen molar-refractivity contribution in [3.05, 3.63) is 23.8 Å². The second-order valence-corrected chi connectivity index (χ2v) is 6.90. The SMILES string of the molecule is CC[C@H](Br)C(=O)Nc1nc2ccc(C(C)C)cc2s1. The van der Waals surface area contributed by atoms with E-state index in [-0.39, 0.29) is 10.7 Å². The Morgan fingerprint density at radius 1 is 1.47 bits per heavy atom. The largest absolute Gasteiger partial charge is 0.301 e. The first-order chi connectivity index (χ1) is 9.01. The molecule has 0 aliphatic heterocycles. The smallest absolute Gasteiger partial charge is 0.239 e. The molecule has 1 aromatic carbocycles. The van der Waals surface area contributed by atoms with Gasteiger partial charge in [-0.25, -0.2) is 4.98 Å². The van der Waals surface area contributed by atoms with Crippen molar-refractivity contribution >= 4 is 48.5 Å². The molecular weight excluding hydrogens is 324 g/mol. The number of hydrogen-bond acceptors (Lipinski definition) is 3. The van der Waals surface area contributed by atoms with Gasteiger partial charge >= 0.3 is 0 Å². The fourth-order valence-corrected chi connectivity index (χ4v) is 2.75. The van der Waals surface area contributed by atoms with E-state index in [4.69, 9.17) is 0 Å². The number of aromatic nitrogens is 1. The predicted octanol–water partition coefficient (Wildman–Crippen LogP) is 4.53. The molecule has 1 amide bonds. The number of anilines is 1. The summed E-state index contributed by atoms with van der Waals surface area (Å²) in [6.07, 6.45) is 0.758. The van der Waals surface area contributed by atoms with Crippen molar-refractivity contribution < 1.29 is 4.79 Å². The molecule has 0 aliphatic carbocycles. The van der Waals surface area contributed by atoms with Gasteiger partial charge in [-0.3, -0.25) is 4.79 Å². The molecule has 0 spiro atoms. The third-order valence-electron chi connectivity index (χ3n) is 2.95. The molecule has 1 heterocycles. The van der Waals surface area contributed by atoms with Gasteiger partial charge in [0.25, 0.3) is 0 Å². The summed E-state index contributed by atoms with van der Waals surface area (Å²) in [6, 6.07) is 6.26. The Morgan fingerprint density at radius 2 is 2.21 bits per heavy atom. The molecule has 1 atom stereocenters. The van der Waals surface area contributed by atoms with Crippen molar-refractivity contribution in [3.63, 3.8) is 0 Å². The Bertz CT molecular complexity index is 594. The van der Waals surface area contributed by atoms with Gasteiger partial charge in [0.2, 0.25) is 5.91 Å². The highest BCUT2D eigenvalue weighted by Crippen LogP contribution is 2.29. The molecule has 0 unspecified atom stereocenters. The van der Waals surface area contributed by atoms with E-state index in [0.717, 1.165) is 16.6 Å². The minimum absolute atomic E-state index is 0.0364. The van der Waals surface area contributed by atoms with Gasteiger partial charge in [-0.2, -0.15) is 0 Å². The highest BCUT2D eigenvalue weighted by Gasteiger charge is 2.14. The van der Waals surface area contributed by atoms with Gasteiger partial charge in [-0.15, -0.1) is 0 Å². The molecular formula is C14H17BrN2OS. The van der Waals surface area contributed by atoms with E-state index in [0.29, 0.717) is 11.0 Å². The molecule has 1 N–H and O–H groups in total. The number of alkyl halides is 1. The first-order valence-electron chi connectivity index (χ1n) is 6.36. The first-order valence-corrected chi connectivity index (χ1v) is 8.10. The molecule has 102 valence electrons. The van der Waals surface area contributed by atoms with Crippen LogP contribution < -0.4 is 5.32 Å². The fraction of sp³-hybridized carbons (Fsp3) is 0.429. The van der Waals surface area contributed by atoms with E-state index in [9.17, 15) is 4.79 Å². The third kappa shape index (κ3) is 3.34. The van der Waals surface area contributed by atoms with E-state index in [1.807, 2.05) is 13.0 Å². The van der Waals surface area contributed by atoms with E-state index in [1.54, 1.807) is 0 Å². The molecule has 0 saturated heterocycles. The zero-order valence-electron chi connectivity index (χ0n) is 11.2. The van der Waals surface area contributed by atoms with Crippen molar-refractivity contribution in [2.24, 2.45) is 0 Å². The van der Waals surface area contributed by atoms with Gasteiger partial charge in [0.05, 0.1) is 15.0 Å². The van der Waals surface area contributed by atoms with E-state index in [1.165, 1.54) is 16.9 Å². The maximum atomic E-state index is 11.8. The second kappa shape index (κ2) is 6.01. The minimum atomic E-state index is -0.161. The van der Waals surface area contributed by atoms with E-state index in [2.05, 4.69) is 52.2 Å². The number of carbonyl (C=O) groups excluding carboxylic acids is 1. The number of nitrogens with one attached hydrogen (secondary N) is 1. The number of fused-ring (bicyclic) bond motifs is 1. The van der Waals surface area contributed by atoms with Crippen molar-refractivity contribution in [2.45, 2.75) is 37.9 Å². The van der Waals surface area contributed by atoms with Crippen LogP contribution in [0.4, 0.5) is 5.13 Å². The summed E-state index contributed by atoms with van der Waals surface area (Å²) in [5, 5.41) is 3.52. The van der Waals surface area contributed by atoms with Crippen LogP contribution in [0.25, 0.3) is 10.2 Å². The molecule has 1 aromatic heterocycles. The first kappa shape index (κ1) is 14.5. The quantitative estimate of drug-likeness (QED) is 0.830. The van der Waals surface area contributed by atoms with Crippen LogP contribution in [0.5, 0.6) is 0 Å². The summed E-state index contributed by atoms with van der Waals surface area (Å²) in [7, 11) is 0. The molecule has 0 saturated carbocycles. The monoisotopic (exact) mass is 340 g/mol. The number of rotatable bonds is 4. The fourth-order valence-electron chi connectivity index (χ4n) is 1.72. The Kier molecular flexibility index (Phi) is 4.58. The van der Waals surface area contributed by atoms with Crippen LogP contribution in [-0.4, -0.2) is 15.7 Å². The van der Waals surface area contributed by atoms with Crippen molar-refractivity contribution in [1.82, 2.24) is 4.98 Å². The third-order valence-corrected chi connectivity index (χ3v) is 4.95. The lowest BCUT2D eigenvalue weighted by molar-refractivity contribution is -0.115. The molecule has 0 bridgehead atoms. The summed E-state index contributed by atoms with van der Waals surface area (Å²) in [6.45, 7) is 6.30. The second-order valence-electron chi connectivity index (χ2n) is 4.77. The van der Waals surface area contributed by atoms with Crippen LogP contribution in [0, 0.1) is 0 Å². The Labute approximate surface area is 125 Å². The number of amides is 1. The average molecular weight is 341 g/mol. The number of benzene rings is 1. The Hall–Kier alpha value is -0.940. The highest BCUT2D eigenvalue weighted by atomic mass is 79.9. The van der Waals surface area contributed by atoms with Crippen LogP contribution >= 0.6 is 27.3 Å². The van der Waals surface area contributed by atoms with Gasteiger partial charge < -0.3 is 5.32 Å². The maximum absolute atomic E-state index is 11.8. The van der Waals surface area contributed by atoms with Gasteiger partial charge in [0, 0.05) is 0 Å². The number of carbonyl (C=O) groups is 1. The molecule has 3 nitrogen and oxygen atoms in total. The van der Waals surface area contributed by atoms with Gasteiger partial charge in [0.15, 0.2) is 5.13 Å². The minimum Gasteiger partial charge on any atom is -0.301 e. The summed E-state index contributed by atoms with van der Waals surface area (Å²) in [4.78, 5) is 16.1. The van der Waals surface area contributed by atoms with E-state index < -0.39 is 0 Å². The van der Waals surface area contributed by atoms with Crippen LogP contribution in [0.3, 0.4) is 0 Å². The lowest BCUT2D eigenvalue weighted by Gasteiger charge is -2.04. The van der Waals surface area contributed by atoms with Crippen LogP contribution in [0.15, 0.2) is 18.2 Å². The molecule has 2 rings (SSSR count). The van der Waals surface area contributed by atoms with E-state index >= 15 is 0 Å². The Morgan fingerprint density at radius 3 is 2.84 bits per heavy atom.